The van der Waals surface area contributed by atoms with Gasteiger partial charge in [-0.1, -0.05) is 0 Å². The van der Waals surface area contributed by atoms with Crippen LogP contribution in [0.25, 0.3) is 0 Å². The van der Waals surface area contributed by atoms with Crippen LogP contribution < -0.4 is 0 Å². The van der Waals surface area contributed by atoms with Gasteiger partial charge in [-0.05, 0) is 18.2 Å². The van der Waals surface area contributed by atoms with Crippen molar-refractivity contribution in [2.24, 2.45) is 9.98 Å². The lowest BCUT2D eigenvalue weighted by Gasteiger charge is -2.33. The highest BCUT2D eigenvalue weighted by Crippen LogP contribution is 2.31. The Labute approximate surface area is 98.5 Å². The number of allylic oxidation sites excluding steroid dienone is 5. The summed E-state index contributed by atoms with van der Waals surface area (Å²) < 4.78 is 13.5. The highest BCUT2D eigenvalue weighted by Gasteiger charge is 2.27. The summed E-state index contributed by atoms with van der Waals surface area (Å²) in [5, 5.41) is 0. The first-order valence-corrected chi connectivity index (χ1v) is 5.26. The Balaban J connectivity index is 2.16. The molecule has 86 valence electrons. The zero-order valence-corrected chi connectivity index (χ0v) is 9.55. The van der Waals surface area contributed by atoms with Crippen molar-refractivity contribution in [3.05, 3.63) is 47.3 Å². The molecule has 0 aromatic heterocycles. The third-order valence-corrected chi connectivity index (χ3v) is 2.67. The van der Waals surface area contributed by atoms with Crippen LogP contribution in [0.1, 0.15) is 0 Å². The number of halogens is 1. The molecule has 4 nitrogen and oxygen atoms in total. The molecule has 0 fully saturated rings. The van der Waals surface area contributed by atoms with Crippen molar-refractivity contribution in [3.8, 4) is 0 Å². The van der Waals surface area contributed by atoms with Gasteiger partial charge in [0.15, 0.2) is 0 Å². The minimum absolute atomic E-state index is 0.256. The molecule has 0 saturated heterocycles. The van der Waals surface area contributed by atoms with Gasteiger partial charge in [-0.25, -0.2) is 9.38 Å². The topological polar surface area (TPSA) is 31.2 Å². The van der Waals surface area contributed by atoms with Crippen LogP contribution in [0, 0.1) is 0 Å². The number of hydrogen-bond donors (Lipinski definition) is 0. The highest BCUT2D eigenvalue weighted by atomic mass is 19.1. The standard InChI is InChI=1S/C12H11FN4/c1-16(2)11-7-10-6-8(13)5-9-3-4-14-12(15-11)17(9)10/h3-7H,1-2H3. The van der Waals surface area contributed by atoms with Crippen LogP contribution >= 0.6 is 0 Å². The summed E-state index contributed by atoms with van der Waals surface area (Å²) in [6.07, 6.45) is 8.19. The van der Waals surface area contributed by atoms with Gasteiger partial charge in [-0.15, -0.1) is 0 Å². The minimum atomic E-state index is -0.256. The van der Waals surface area contributed by atoms with Crippen LogP contribution in [0.5, 0.6) is 0 Å². The van der Waals surface area contributed by atoms with Crippen LogP contribution in [0.4, 0.5) is 4.39 Å². The molecule has 0 aliphatic carbocycles. The van der Waals surface area contributed by atoms with Crippen LogP contribution in [0.3, 0.4) is 0 Å². The van der Waals surface area contributed by atoms with Gasteiger partial charge in [0.25, 0.3) is 0 Å². The van der Waals surface area contributed by atoms with Gasteiger partial charge in [-0.2, -0.15) is 4.99 Å². The van der Waals surface area contributed by atoms with Crippen molar-refractivity contribution in [1.82, 2.24) is 9.80 Å². The number of aliphatic imine (C=N–C) groups is 2. The Morgan fingerprint density at radius 1 is 1.18 bits per heavy atom. The van der Waals surface area contributed by atoms with E-state index in [2.05, 4.69) is 9.98 Å². The van der Waals surface area contributed by atoms with E-state index in [9.17, 15) is 4.39 Å². The summed E-state index contributed by atoms with van der Waals surface area (Å²) in [4.78, 5) is 12.3. The Hall–Kier alpha value is -2.17. The molecule has 0 N–H and O–H groups in total. The summed E-state index contributed by atoms with van der Waals surface area (Å²) in [5.74, 6) is 1.08. The maximum absolute atomic E-state index is 13.5. The largest absolute Gasteiger partial charge is 0.363 e. The lowest BCUT2D eigenvalue weighted by molar-refractivity contribution is 0.488. The lowest BCUT2D eigenvalue weighted by atomic mass is 10.1. The molecule has 5 heteroatoms. The van der Waals surface area contributed by atoms with Crippen LogP contribution in [0.2, 0.25) is 0 Å². The fraction of sp³-hybridized carbons (Fsp3) is 0.167. The molecule has 0 amide bonds. The van der Waals surface area contributed by atoms with E-state index in [4.69, 9.17) is 0 Å². The molecule has 17 heavy (non-hydrogen) atoms. The summed E-state index contributed by atoms with van der Waals surface area (Å²) in [6, 6.07) is 0. The predicted octanol–water partition coefficient (Wildman–Crippen LogP) is 1.78. The number of rotatable bonds is 1. The maximum Gasteiger partial charge on any atom is 0.236 e. The van der Waals surface area contributed by atoms with Gasteiger partial charge < -0.3 is 4.90 Å². The Kier molecular flexibility index (Phi) is 2.01. The first-order valence-electron chi connectivity index (χ1n) is 5.26. The molecule has 0 spiro atoms. The zero-order valence-electron chi connectivity index (χ0n) is 9.55. The molecule has 0 bridgehead atoms. The summed E-state index contributed by atoms with van der Waals surface area (Å²) in [7, 11) is 3.79. The Morgan fingerprint density at radius 3 is 2.76 bits per heavy atom. The molecular weight excluding hydrogens is 219 g/mol. The second kappa shape index (κ2) is 3.41. The summed E-state index contributed by atoms with van der Waals surface area (Å²) >= 11 is 0. The van der Waals surface area contributed by atoms with Crippen molar-refractivity contribution in [3.63, 3.8) is 0 Å². The minimum Gasteiger partial charge on any atom is -0.363 e. The average molecular weight is 230 g/mol. The zero-order chi connectivity index (χ0) is 12.0. The second-order valence-corrected chi connectivity index (χ2v) is 4.11. The maximum atomic E-state index is 13.5. The Bertz CT molecular complexity index is 561. The van der Waals surface area contributed by atoms with Gasteiger partial charge in [0.05, 0.1) is 11.4 Å². The molecule has 0 aromatic carbocycles. The van der Waals surface area contributed by atoms with Gasteiger partial charge in [0.1, 0.15) is 11.6 Å². The molecule has 3 aliphatic heterocycles. The van der Waals surface area contributed by atoms with E-state index < -0.39 is 0 Å². The third-order valence-electron chi connectivity index (χ3n) is 2.67. The van der Waals surface area contributed by atoms with Gasteiger partial charge in [0, 0.05) is 26.4 Å². The van der Waals surface area contributed by atoms with Gasteiger partial charge in [0.2, 0.25) is 5.96 Å². The molecular formula is C12H11FN4. The van der Waals surface area contributed by atoms with Gasteiger partial charge in [-0.3, -0.25) is 4.90 Å². The summed E-state index contributed by atoms with van der Waals surface area (Å²) in [5.41, 5.74) is 1.50. The van der Waals surface area contributed by atoms with Crippen LogP contribution in [-0.2, 0) is 0 Å². The number of hydrogen-bond acceptors (Lipinski definition) is 4. The average Bonchev–Trinajstić information content (AvgIpc) is 2.28. The fourth-order valence-electron chi connectivity index (χ4n) is 1.88. The van der Waals surface area contributed by atoms with E-state index in [1.165, 1.54) is 12.2 Å². The molecule has 0 saturated carbocycles. The highest BCUT2D eigenvalue weighted by molar-refractivity contribution is 5.98. The quantitative estimate of drug-likeness (QED) is 0.687. The molecule has 0 aromatic rings. The van der Waals surface area contributed by atoms with E-state index in [0.717, 1.165) is 17.2 Å². The monoisotopic (exact) mass is 230 g/mol. The van der Waals surface area contributed by atoms with Gasteiger partial charge >= 0.3 is 0 Å². The van der Waals surface area contributed by atoms with E-state index in [0.29, 0.717) is 5.96 Å². The SMILES string of the molecule is CN(C)C1=CC2=CC(F)=CC3=CC=NC(=N1)N32. The number of nitrogens with zero attached hydrogens (tertiary/aromatic N) is 4. The van der Waals surface area contributed by atoms with E-state index in [1.54, 1.807) is 12.3 Å². The molecule has 3 aliphatic rings. The van der Waals surface area contributed by atoms with Crippen molar-refractivity contribution in [1.29, 1.82) is 0 Å². The van der Waals surface area contributed by atoms with Crippen LogP contribution in [0.15, 0.2) is 57.3 Å². The number of guanidine groups is 1. The summed E-state index contributed by atoms with van der Waals surface area (Å²) in [6.45, 7) is 0. The Morgan fingerprint density at radius 2 is 2.00 bits per heavy atom. The molecule has 0 atom stereocenters. The smallest absolute Gasteiger partial charge is 0.236 e. The normalized spacial score (nSPS) is 20.9. The van der Waals surface area contributed by atoms with Crippen LogP contribution in [-0.4, -0.2) is 36.1 Å². The van der Waals surface area contributed by atoms with Crippen molar-refractivity contribution < 1.29 is 4.39 Å². The van der Waals surface area contributed by atoms with E-state index in [1.807, 2.05) is 30.0 Å². The van der Waals surface area contributed by atoms with Crippen molar-refractivity contribution >= 4 is 12.2 Å². The molecule has 3 rings (SSSR count). The van der Waals surface area contributed by atoms with E-state index >= 15 is 0 Å². The third kappa shape index (κ3) is 1.51. The predicted molar refractivity (Wildman–Crippen MR) is 64.9 cm³/mol. The lowest BCUT2D eigenvalue weighted by Crippen LogP contribution is -2.34. The molecule has 0 radical (unpaired) electrons. The molecule has 3 heterocycles. The first-order chi connectivity index (χ1) is 8.15. The van der Waals surface area contributed by atoms with Crippen molar-refractivity contribution in [2.45, 2.75) is 0 Å². The fourth-order valence-corrected chi connectivity index (χ4v) is 1.88. The van der Waals surface area contributed by atoms with Crippen molar-refractivity contribution in [2.75, 3.05) is 14.1 Å². The first kappa shape index (κ1) is 10.0. The molecule has 0 unspecified atom stereocenters. The van der Waals surface area contributed by atoms with E-state index in [-0.39, 0.29) is 5.83 Å². The second-order valence-electron chi connectivity index (χ2n) is 4.11.